The summed E-state index contributed by atoms with van der Waals surface area (Å²) in [5, 5.41) is 0. The summed E-state index contributed by atoms with van der Waals surface area (Å²) in [4.78, 5) is 2.35. The van der Waals surface area contributed by atoms with Gasteiger partial charge in [0.1, 0.15) is 0 Å². The molecule has 0 radical (unpaired) electrons. The molecule has 1 aromatic rings. The third-order valence-electron chi connectivity index (χ3n) is 2.62. The Morgan fingerprint density at radius 1 is 1.20 bits per heavy atom. The number of methoxy groups -OCH3 is 1. The van der Waals surface area contributed by atoms with Gasteiger partial charge >= 0.3 is 0 Å². The minimum Gasteiger partial charge on any atom is -0.380 e. The van der Waals surface area contributed by atoms with Crippen molar-refractivity contribution in [3.63, 3.8) is 0 Å². The van der Waals surface area contributed by atoms with Crippen LogP contribution in [0.4, 0.5) is 5.69 Å². The molecule has 0 aliphatic carbocycles. The Kier molecular flexibility index (Phi) is 3.59. The largest absolute Gasteiger partial charge is 0.380 e. The van der Waals surface area contributed by atoms with Crippen molar-refractivity contribution in [1.82, 2.24) is 0 Å². The van der Waals surface area contributed by atoms with Gasteiger partial charge in [-0.25, -0.2) is 0 Å². The van der Waals surface area contributed by atoms with Crippen LogP contribution in [0.3, 0.4) is 0 Å². The van der Waals surface area contributed by atoms with Gasteiger partial charge in [0.25, 0.3) is 0 Å². The molecule has 2 rings (SSSR count). The van der Waals surface area contributed by atoms with Crippen molar-refractivity contribution >= 4 is 5.69 Å². The van der Waals surface area contributed by atoms with Gasteiger partial charge in [-0.2, -0.15) is 0 Å². The lowest BCUT2D eigenvalue weighted by atomic mass is 10.2. The second kappa shape index (κ2) is 5.14. The quantitative estimate of drug-likeness (QED) is 0.752. The van der Waals surface area contributed by atoms with E-state index in [9.17, 15) is 0 Å². The summed E-state index contributed by atoms with van der Waals surface area (Å²) in [7, 11) is 1.72. The van der Waals surface area contributed by atoms with Gasteiger partial charge in [0, 0.05) is 25.9 Å². The van der Waals surface area contributed by atoms with Crippen molar-refractivity contribution in [2.45, 2.75) is 6.61 Å². The van der Waals surface area contributed by atoms with Crippen LogP contribution in [0.1, 0.15) is 5.56 Å². The van der Waals surface area contributed by atoms with Crippen LogP contribution in [0.2, 0.25) is 0 Å². The van der Waals surface area contributed by atoms with Crippen LogP contribution in [-0.4, -0.2) is 33.4 Å². The summed E-state index contributed by atoms with van der Waals surface area (Å²) >= 11 is 0. The molecule has 1 fully saturated rings. The summed E-state index contributed by atoms with van der Waals surface area (Å²) in [5.74, 6) is 0. The third-order valence-corrected chi connectivity index (χ3v) is 2.62. The van der Waals surface area contributed by atoms with Crippen molar-refractivity contribution in [3.05, 3.63) is 29.8 Å². The lowest BCUT2D eigenvalue weighted by Crippen LogP contribution is -2.36. The van der Waals surface area contributed by atoms with Gasteiger partial charge in [-0.15, -0.1) is 0 Å². The Morgan fingerprint density at radius 2 is 1.87 bits per heavy atom. The fourth-order valence-corrected chi connectivity index (χ4v) is 1.79. The van der Waals surface area contributed by atoms with Gasteiger partial charge in [-0.1, -0.05) is 12.1 Å². The summed E-state index contributed by atoms with van der Waals surface area (Å²) in [6, 6.07) is 8.54. The molecule has 0 aromatic heterocycles. The molecule has 1 heterocycles. The normalized spacial score (nSPS) is 16.7. The van der Waals surface area contributed by atoms with E-state index >= 15 is 0 Å². The first-order valence-corrected chi connectivity index (χ1v) is 5.31. The molecule has 1 aliphatic rings. The van der Waals surface area contributed by atoms with Crippen LogP contribution in [0.25, 0.3) is 0 Å². The molecule has 1 aliphatic heterocycles. The summed E-state index contributed by atoms with van der Waals surface area (Å²) in [5.41, 5.74) is 2.49. The number of rotatable bonds is 3. The van der Waals surface area contributed by atoms with Crippen LogP contribution < -0.4 is 4.90 Å². The van der Waals surface area contributed by atoms with Gasteiger partial charge in [-0.3, -0.25) is 0 Å². The average Bonchev–Trinajstić information content (AvgIpc) is 2.32. The van der Waals surface area contributed by atoms with Crippen molar-refractivity contribution in [2.75, 3.05) is 38.3 Å². The van der Waals surface area contributed by atoms with Crippen LogP contribution in [0.15, 0.2) is 24.3 Å². The highest BCUT2D eigenvalue weighted by Gasteiger charge is 2.10. The molecule has 0 spiro atoms. The highest BCUT2D eigenvalue weighted by molar-refractivity contribution is 5.47. The molecule has 0 amide bonds. The van der Waals surface area contributed by atoms with Crippen molar-refractivity contribution in [1.29, 1.82) is 0 Å². The minimum absolute atomic E-state index is 0.684. The second-order valence-corrected chi connectivity index (χ2v) is 3.70. The molecule has 3 heteroatoms. The molecular weight excluding hydrogens is 190 g/mol. The highest BCUT2D eigenvalue weighted by Crippen LogP contribution is 2.16. The van der Waals surface area contributed by atoms with Crippen molar-refractivity contribution in [2.24, 2.45) is 0 Å². The van der Waals surface area contributed by atoms with Crippen molar-refractivity contribution in [3.8, 4) is 0 Å². The van der Waals surface area contributed by atoms with Gasteiger partial charge in [0.05, 0.1) is 19.8 Å². The Bertz CT molecular complexity index is 291. The zero-order chi connectivity index (χ0) is 10.5. The number of hydrogen-bond donors (Lipinski definition) is 0. The number of benzene rings is 1. The van der Waals surface area contributed by atoms with Crippen LogP contribution in [0, 0.1) is 0 Å². The van der Waals surface area contributed by atoms with Crippen LogP contribution in [0.5, 0.6) is 0 Å². The first-order chi connectivity index (χ1) is 7.40. The van der Waals surface area contributed by atoms with E-state index in [2.05, 4.69) is 29.2 Å². The maximum Gasteiger partial charge on any atom is 0.0713 e. The van der Waals surface area contributed by atoms with E-state index in [0.29, 0.717) is 6.61 Å². The Balaban J connectivity index is 2.02. The lowest BCUT2D eigenvalue weighted by molar-refractivity contribution is 0.122. The Labute approximate surface area is 90.6 Å². The van der Waals surface area contributed by atoms with Gasteiger partial charge in [0.2, 0.25) is 0 Å². The van der Waals surface area contributed by atoms with E-state index in [1.54, 1.807) is 7.11 Å². The average molecular weight is 207 g/mol. The molecule has 15 heavy (non-hydrogen) atoms. The SMILES string of the molecule is COCc1ccc(N2CCOCC2)cc1. The molecule has 3 nitrogen and oxygen atoms in total. The van der Waals surface area contributed by atoms with Gasteiger partial charge in [0.15, 0.2) is 0 Å². The fourth-order valence-electron chi connectivity index (χ4n) is 1.79. The first-order valence-electron chi connectivity index (χ1n) is 5.31. The van der Waals surface area contributed by atoms with E-state index in [-0.39, 0.29) is 0 Å². The first kappa shape index (κ1) is 10.5. The van der Waals surface area contributed by atoms with E-state index in [4.69, 9.17) is 9.47 Å². The Morgan fingerprint density at radius 3 is 2.47 bits per heavy atom. The standard InChI is InChI=1S/C12H17NO2/c1-14-10-11-2-4-12(5-3-11)13-6-8-15-9-7-13/h2-5H,6-10H2,1H3. The molecule has 82 valence electrons. The maximum absolute atomic E-state index is 5.32. The molecule has 0 saturated carbocycles. The number of anilines is 1. The second-order valence-electron chi connectivity index (χ2n) is 3.70. The van der Waals surface area contributed by atoms with Gasteiger partial charge in [-0.05, 0) is 17.7 Å². The number of morpholine rings is 1. The molecule has 0 bridgehead atoms. The predicted molar refractivity (Wildman–Crippen MR) is 60.2 cm³/mol. The number of ether oxygens (including phenoxy) is 2. The fraction of sp³-hybridized carbons (Fsp3) is 0.500. The minimum atomic E-state index is 0.684. The van der Waals surface area contributed by atoms with E-state index in [1.807, 2.05) is 0 Å². The monoisotopic (exact) mass is 207 g/mol. The molecule has 1 saturated heterocycles. The maximum atomic E-state index is 5.32. The van der Waals surface area contributed by atoms with E-state index < -0.39 is 0 Å². The lowest BCUT2D eigenvalue weighted by Gasteiger charge is -2.28. The predicted octanol–water partition coefficient (Wildman–Crippen LogP) is 1.67. The molecule has 0 atom stereocenters. The molecule has 1 aromatic carbocycles. The van der Waals surface area contributed by atoms with E-state index in [1.165, 1.54) is 11.3 Å². The van der Waals surface area contributed by atoms with Crippen LogP contribution >= 0.6 is 0 Å². The Hall–Kier alpha value is -1.06. The highest BCUT2D eigenvalue weighted by atomic mass is 16.5. The van der Waals surface area contributed by atoms with Crippen LogP contribution in [-0.2, 0) is 16.1 Å². The molecule has 0 unspecified atom stereocenters. The van der Waals surface area contributed by atoms with E-state index in [0.717, 1.165) is 26.3 Å². The smallest absolute Gasteiger partial charge is 0.0713 e. The summed E-state index contributed by atoms with van der Waals surface area (Å²) in [6.07, 6.45) is 0. The zero-order valence-electron chi connectivity index (χ0n) is 9.11. The summed E-state index contributed by atoms with van der Waals surface area (Å²) in [6.45, 7) is 4.33. The topological polar surface area (TPSA) is 21.7 Å². The third kappa shape index (κ3) is 2.70. The molecular formula is C12H17NO2. The zero-order valence-corrected chi connectivity index (χ0v) is 9.11. The number of hydrogen-bond acceptors (Lipinski definition) is 3. The molecule has 0 N–H and O–H groups in total. The summed E-state index contributed by atoms with van der Waals surface area (Å²) < 4.78 is 10.4. The van der Waals surface area contributed by atoms with Crippen molar-refractivity contribution < 1.29 is 9.47 Å². The number of nitrogens with zero attached hydrogens (tertiary/aromatic N) is 1. The van der Waals surface area contributed by atoms with Gasteiger partial charge < -0.3 is 14.4 Å².